The highest BCUT2D eigenvalue weighted by Gasteiger charge is 2.39. The van der Waals surface area contributed by atoms with Gasteiger partial charge in [0.1, 0.15) is 5.76 Å². The van der Waals surface area contributed by atoms with Gasteiger partial charge in [-0.25, -0.2) is 0 Å². The second-order valence-corrected chi connectivity index (χ2v) is 7.80. The van der Waals surface area contributed by atoms with E-state index >= 15 is 0 Å². The van der Waals surface area contributed by atoms with Crippen molar-refractivity contribution in [2.75, 3.05) is 6.61 Å². The number of benzene rings is 1. The van der Waals surface area contributed by atoms with Crippen LogP contribution in [0.2, 0.25) is 0 Å². The van der Waals surface area contributed by atoms with Gasteiger partial charge in [0.15, 0.2) is 0 Å². The molecule has 3 rings (SSSR count). The summed E-state index contributed by atoms with van der Waals surface area (Å²) in [5.41, 5.74) is 1.23. The van der Waals surface area contributed by atoms with Crippen molar-refractivity contribution in [2.24, 2.45) is 11.3 Å². The van der Waals surface area contributed by atoms with E-state index in [9.17, 15) is 4.79 Å². The summed E-state index contributed by atoms with van der Waals surface area (Å²) in [6.07, 6.45) is 5.12. The number of amides is 1. The molecule has 0 aliphatic carbocycles. The van der Waals surface area contributed by atoms with Crippen molar-refractivity contribution in [3.8, 4) is 0 Å². The monoisotopic (exact) mass is 355 g/mol. The van der Waals surface area contributed by atoms with Crippen molar-refractivity contribution in [3.63, 3.8) is 0 Å². The van der Waals surface area contributed by atoms with Crippen LogP contribution in [0.15, 0.2) is 53.1 Å². The van der Waals surface area contributed by atoms with Gasteiger partial charge in [0.05, 0.1) is 18.9 Å². The van der Waals surface area contributed by atoms with Gasteiger partial charge in [0.25, 0.3) is 0 Å². The molecule has 1 aromatic carbocycles. The molecular weight excluding hydrogens is 326 g/mol. The van der Waals surface area contributed by atoms with Gasteiger partial charge in [-0.05, 0) is 48.3 Å². The molecule has 4 nitrogen and oxygen atoms in total. The summed E-state index contributed by atoms with van der Waals surface area (Å²) in [5, 5.41) is 3.01. The first-order chi connectivity index (χ1) is 12.6. The molecule has 1 saturated heterocycles. The minimum Gasteiger partial charge on any atom is -0.467 e. The van der Waals surface area contributed by atoms with Crippen LogP contribution in [-0.2, 0) is 22.5 Å². The van der Waals surface area contributed by atoms with E-state index in [2.05, 4.69) is 43.4 Å². The van der Waals surface area contributed by atoms with Crippen LogP contribution in [0, 0.1) is 11.3 Å². The fourth-order valence-electron chi connectivity index (χ4n) is 3.86. The first-order valence-electron chi connectivity index (χ1n) is 9.51. The van der Waals surface area contributed by atoms with Gasteiger partial charge < -0.3 is 14.5 Å². The Morgan fingerprint density at radius 3 is 2.73 bits per heavy atom. The number of rotatable bonds is 7. The third-order valence-corrected chi connectivity index (χ3v) is 5.34. The molecule has 1 aliphatic rings. The normalized spacial score (nSPS) is 23.1. The largest absolute Gasteiger partial charge is 0.467 e. The van der Waals surface area contributed by atoms with Gasteiger partial charge in [0, 0.05) is 13.0 Å². The number of nitrogens with one attached hydrogen (secondary N) is 1. The Labute approximate surface area is 155 Å². The van der Waals surface area contributed by atoms with E-state index in [1.165, 1.54) is 5.56 Å². The van der Waals surface area contributed by atoms with Crippen LogP contribution >= 0.6 is 0 Å². The van der Waals surface area contributed by atoms with Crippen molar-refractivity contribution < 1.29 is 13.9 Å². The highest BCUT2D eigenvalue weighted by Crippen LogP contribution is 2.41. The standard InChI is InChI=1S/C22H29NO3/c1-17(2)20-14-22(10-12-26-20,13-18-7-4-3-5-8-18)15-21(24)23-16-19-9-6-11-25-19/h3-9,11,17,20H,10,12-16H2,1-2H3,(H,23,24)/t20-,22-/m0/s1. The molecular formula is C22H29NO3. The summed E-state index contributed by atoms with van der Waals surface area (Å²) >= 11 is 0. The molecule has 2 atom stereocenters. The average Bonchev–Trinajstić information content (AvgIpc) is 3.14. The maximum Gasteiger partial charge on any atom is 0.220 e. The predicted molar refractivity (Wildman–Crippen MR) is 102 cm³/mol. The molecule has 2 aromatic rings. The molecule has 1 amide bonds. The number of carbonyl (C=O) groups excluding carboxylic acids is 1. The van der Waals surface area contributed by atoms with E-state index in [-0.39, 0.29) is 17.4 Å². The third-order valence-electron chi connectivity index (χ3n) is 5.34. The fraction of sp³-hybridized carbons (Fsp3) is 0.500. The minimum absolute atomic E-state index is 0.0538. The van der Waals surface area contributed by atoms with E-state index in [4.69, 9.17) is 9.15 Å². The Hall–Kier alpha value is -2.07. The molecule has 0 radical (unpaired) electrons. The Kier molecular flexibility index (Phi) is 6.15. The van der Waals surface area contributed by atoms with Crippen LogP contribution in [0.1, 0.15) is 44.4 Å². The summed E-state index contributed by atoms with van der Waals surface area (Å²) in [5.74, 6) is 1.32. The lowest BCUT2D eigenvalue weighted by atomic mass is 9.69. The van der Waals surface area contributed by atoms with E-state index in [0.29, 0.717) is 18.9 Å². The summed E-state index contributed by atoms with van der Waals surface area (Å²) in [6, 6.07) is 14.2. The zero-order valence-electron chi connectivity index (χ0n) is 15.7. The molecule has 0 bridgehead atoms. The van der Waals surface area contributed by atoms with Crippen molar-refractivity contribution in [1.29, 1.82) is 0 Å². The van der Waals surface area contributed by atoms with Crippen molar-refractivity contribution in [3.05, 3.63) is 60.1 Å². The van der Waals surface area contributed by atoms with E-state index in [0.717, 1.165) is 31.6 Å². The summed E-state index contributed by atoms with van der Waals surface area (Å²) in [7, 11) is 0. The van der Waals surface area contributed by atoms with Gasteiger partial charge in [-0.1, -0.05) is 44.2 Å². The zero-order chi connectivity index (χ0) is 18.4. The van der Waals surface area contributed by atoms with Gasteiger partial charge in [-0.15, -0.1) is 0 Å². The van der Waals surface area contributed by atoms with Crippen molar-refractivity contribution in [1.82, 2.24) is 5.32 Å². The van der Waals surface area contributed by atoms with E-state index in [1.54, 1.807) is 6.26 Å². The fourth-order valence-corrected chi connectivity index (χ4v) is 3.86. The number of carbonyl (C=O) groups is 1. The molecule has 1 aliphatic heterocycles. The molecule has 26 heavy (non-hydrogen) atoms. The average molecular weight is 355 g/mol. The van der Waals surface area contributed by atoms with Crippen LogP contribution in [0.3, 0.4) is 0 Å². The van der Waals surface area contributed by atoms with Gasteiger partial charge >= 0.3 is 0 Å². The highest BCUT2D eigenvalue weighted by atomic mass is 16.5. The quantitative estimate of drug-likeness (QED) is 0.803. The topological polar surface area (TPSA) is 51.5 Å². The summed E-state index contributed by atoms with van der Waals surface area (Å²) < 4.78 is 11.3. The van der Waals surface area contributed by atoms with Crippen molar-refractivity contribution >= 4 is 5.91 Å². The summed E-state index contributed by atoms with van der Waals surface area (Å²) in [6.45, 7) is 5.55. The van der Waals surface area contributed by atoms with Crippen LogP contribution in [0.5, 0.6) is 0 Å². The molecule has 0 spiro atoms. The van der Waals surface area contributed by atoms with Crippen LogP contribution in [0.4, 0.5) is 0 Å². The first-order valence-corrected chi connectivity index (χ1v) is 9.51. The zero-order valence-corrected chi connectivity index (χ0v) is 15.7. The highest BCUT2D eigenvalue weighted by molar-refractivity contribution is 5.76. The molecule has 1 aromatic heterocycles. The smallest absolute Gasteiger partial charge is 0.220 e. The van der Waals surface area contributed by atoms with Crippen LogP contribution in [0.25, 0.3) is 0 Å². The number of hydrogen-bond acceptors (Lipinski definition) is 3. The van der Waals surface area contributed by atoms with Crippen LogP contribution < -0.4 is 5.32 Å². The number of furan rings is 1. The van der Waals surface area contributed by atoms with Gasteiger partial charge in [-0.3, -0.25) is 4.79 Å². The lowest BCUT2D eigenvalue weighted by Crippen LogP contribution is -2.42. The number of hydrogen-bond donors (Lipinski definition) is 1. The maximum absolute atomic E-state index is 12.7. The summed E-state index contributed by atoms with van der Waals surface area (Å²) in [4.78, 5) is 12.7. The Morgan fingerprint density at radius 1 is 1.23 bits per heavy atom. The molecule has 140 valence electrons. The lowest BCUT2D eigenvalue weighted by molar-refractivity contribution is -0.128. The molecule has 1 fully saturated rings. The second kappa shape index (κ2) is 8.54. The first kappa shape index (κ1) is 18.7. The minimum atomic E-state index is -0.0538. The molecule has 4 heteroatoms. The lowest BCUT2D eigenvalue weighted by Gasteiger charge is -2.42. The van der Waals surface area contributed by atoms with Crippen molar-refractivity contribution in [2.45, 2.75) is 52.2 Å². The molecule has 1 N–H and O–H groups in total. The van der Waals surface area contributed by atoms with Crippen LogP contribution in [-0.4, -0.2) is 18.6 Å². The van der Waals surface area contributed by atoms with Gasteiger partial charge in [0.2, 0.25) is 5.91 Å². The van der Waals surface area contributed by atoms with E-state index < -0.39 is 0 Å². The second-order valence-electron chi connectivity index (χ2n) is 7.80. The Bertz CT molecular complexity index is 681. The Balaban J connectivity index is 1.70. The SMILES string of the molecule is CC(C)[C@@H]1C[C@@](CC(=O)NCc2ccco2)(Cc2ccccc2)CCO1. The Morgan fingerprint density at radius 2 is 2.04 bits per heavy atom. The molecule has 0 unspecified atom stereocenters. The van der Waals surface area contributed by atoms with Gasteiger partial charge in [-0.2, -0.15) is 0 Å². The molecule has 0 saturated carbocycles. The predicted octanol–water partition coefficient (Wildman–Crippen LogP) is 4.35. The molecule has 2 heterocycles. The van der Waals surface area contributed by atoms with E-state index in [1.807, 2.05) is 18.2 Å². The third kappa shape index (κ3) is 4.98. The maximum atomic E-state index is 12.7. The number of ether oxygens (including phenoxy) is 1.